The van der Waals surface area contributed by atoms with E-state index >= 15 is 0 Å². The molecule has 0 rings (SSSR count). The molecular formula is C18H36O4. The van der Waals surface area contributed by atoms with Gasteiger partial charge in [0, 0.05) is 6.42 Å². The van der Waals surface area contributed by atoms with Gasteiger partial charge in [0.25, 0.3) is 0 Å². The van der Waals surface area contributed by atoms with E-state index < -0.39 is 6.10 Å². The standard InChI is InChI=1S/C18H36O4/c1-16(2)12-10-8-6-4-3-5-7-9-11-13-18(21)22-15-17(20)14-19/h16-17,19-20H,3-15H2,1-2H3/t17-/m0/s1. The van der Waals surface area contributed by atoms with E-state index in [0.29, 0.717) is 6.42 Å². The number of carbonyl (C=O) groups excluding carboxylic acids is 1. The Labute approximate surface area is 136 Å². The van der Waals surface area contributed by atoms with Crippen LogP contribution in [0, 0.1) is 5.92 Å². The van der Waals surface area contributed by atoms with Gasteiger partial charge in [0.15, 0.2) is 0 Å². The average molecular weight is 316 g/mol. The van der Waals surface area contributed by atoms with E-state index in [1.165, 1.54) is 51.4 Å². The molecule has 2 N–H and O–H groups in total. The van der Waals surface area contributed by atoms with E-state index in [0.717, 1.165) is 18.8 Å². The average Bonchev–Trinajstić information content (AvgIpc) is 2.49. The van der Waals surface area contributed by atoms with Crippen molar-refractivity contribution in [2.24, 2.45) is 5.92 Å². The third-order valence-corrected chi connectivity index (χ3v) is 3.81. The molecule has 22 heavy (non-hydrogen) atoms. The number of unbranched alkanes of at least 4 members (excludes halogenated alkanes) is 8. The second-order valence-electron chi connectivity index (χ2n) is 6.63. The molecule has 0 spiro atoms. The van der Waals surface area contributed by atoms with Crippen LogP contribution in [0.5, 0.6) is 0 Å². The monoisotopic (exact) mass is 316 g/mol. The van der Waals surface area contributed by atoms with Crippen molar-refractivity contribution in [3.63, 3.8) is 0 Å². The predicted octanol–water partition coefficient (Wildman–Crippen LogP) is 3.83. The summed E-state index contributed by atoms with van der Waals surface area (Å²) in [5.74, 6) is 0.552. The molecule has 132 valence electrons. The Balaban J connectivity index is 3.18. The van der Waals surface area contributed by atoms with Gasteiger partial charge in [-0.05, 0) is 12.3 Å². The molecule has 0 aliphatic rings. The van der Waals surface area contributed by atoms with Crippen LogP contribution in [0.3, 0.4) is 0 Å². The predicted molar refractivity (Wildman–Crippen MR) is 89.7 cm³/mol. The molecule has 0 radical (unpaired) electrons. The van der Waals surface area contributed by atoms with Crippen molar-refractivity contribution in [2.75, 3.05) is 13.2 Å². The quantitative estimate of drug-likeness (QED) is 0.356. The van der Waals surface area contributed by atoms with Crippen LogP contribution in [0.1, 0.15) is 84.5 Å². The second-order valence-corrected chi connectivity index (χ2v) is 6.63. The third-order valence-electron chi connectivity index (χ3n) is 3.81. The molecule has 1 atom stereocenters. The Morgan fingerprint density at radius 3 is 1.91 bits per heavy atom. The van der Waals surface area contributed by atoms with Crippen LogP contribution in [0.15, 0.2) is 0 Å². The van der Waals surface area contributed by atoms with E-state index in [1.54, 1.807) is 0 Å². The Morgan fingerprint density at radius 2 is 1.41 bits per heavy atom. The number of hydrogen-bond donors (Lipinski definition) is 2. The summed E-state index contributed by atoms with van der Waals surface area (Å²) < 4.78 is 4.85. The smallest absolute Gasteiger partial charge is 0.305 e. The van der Waals surface area contributed by atoms with Gasteiger partial charge in [-0.2, -0.15) is 0 Å². The molecule has 0 aromatic heterocycles. The normalized spacial score (nSPS) is 12.6. The number of esters is 1. The molecule has 0 aromatic carbocycles. The molecule has 0 aliphatic carbocycles. The van der Waals surface area contributed by atoms with Gasteiger partial charge < -0.3 is 14.9 Å². The highest BCUT2D eigenvalue weighted by molar-refractivity contribution is 5.69. The first-order valence-electron chi connectivity index (χ1n) is 9.00. The highest BCUT2D eigenvalue weighted by Gasteiger charge is 2.07. The summed E-state index contributed by atoms with van der Waals surface area (Å²) in [7, 11) is 0. The molecule has 4 heteroatoms. The van der Waals surface area contributed by atoms with Gasteiger partial charge >= 0.3 is 5.97 Å². The van der Waals surface area contributed by atoms with Crippen LogP contribution in [0.25, 0.3) is 0 Å². The minimum Gasteiger partial charge on any atom is -0.463 e. The molecule has 0 bridgehead atoms. The van der Waals surface area contributed by atoms with E-state index in [1.807, 2.05) is 0 Å². The van der Waals surface area contributed by atoms with Crippen LogP contribution in [-0.2, 0) is 9.53 Å². The zero-order valence-corrected chi connectivity index (χ0v) is 14.6. The lowest BCUT2D eigenvalue weighted by Crippen LogP contribution is -2.21. The van der Waals surface area contributed by atoms with Gasteiger partial charge in [0.1, 0.15) is 12.7 Å². The van der Waals surface area contributed by atoms with Gasteiger partial charge in [-0.15, -0.1) is 0 Å². The summed E-state index contributed by atoms with van der Waals surface area (Å²) in [6, 6.07) is 0. The van der Waals surface area contributed by atoms with Crippen molar-refractivity contribution in [1.29, 1.82) is 0 Å². The van der Waals surface area contributed by atoms with Gasteiger partial charge in [-0.1, -0.05) is 71.6 Å². The lowest BCUT2D eigenvalue weighted by molar-refractivity contribution is -0.147. The number of rotatable bonds is 15. The zero-order chi connectivity index (χ0) is 16.6. The Bertz CT molecular complexity index is 253. The van der Waals surface area contributed by atoms with Crippen molar-refractivity contribution in [3.8, 4) is 0 Å². The highest BCUT2D eigenvalue weighted by atomic mass is 16.5. The van der Waals surface area contributed by atoms with Crippen molar-refractivity contribution in [3.05, 3.63) is 0 Å². The first-order valence-corrected chi connectivity index (χ1v) is 9.00. The molecule has 0 heterocycles. The maximum Gasteiger partial charge on any atom is 0.305 e. The largest absolute Gasteiger partial charge is 0.463 e. The van der Waals surface area contributed by atoms with Crippen LogP contribution < -0.4 is 0 Å². The Morgan fingerprint density at radius 1 is 0.909 bits per heavy atom. The molecule has 0 unspecified atom stereocenters. The van der Waals surface area contributed by atoms with Crippen LogP contribution in [0.2, 0.25) is 0 Å². The minimum absolute atomic E-state index is 0.105. The lowest BCUT2D eigenvalue weighted by Gasteiger charge is -2.08. The number of hydrogen-bond acceptors (Lipinski definition) is 4. The molecule has 0 saturated heterocycles. The third kappa shape index (κ3) is 15.8. The van der Waals surface area contributed by atoms with Gasteiger partial charge in [0.2, 0.25) is 0 Å². The van der Waals surface area contributed by atoms with E-state index in [4.69, 9.17) is 14.9 Å². The molecule has 0 amide bonds. The lowest BCUT2D eigenvalue weighted by atomic mass is 10.0. The summed E-state index contributed by atoms with van der Waals surface area (Å²) in [4.78, 5) is 11.3. The first-order chi connectivity index (χ1) is 10.6. The highest BCUT2D eigenvalue weighted by Crippen LogP contribution is 2.13. The van der Waals surface area contributed by atoms with Crippen molar-refractivity contribution in [2.45, 2.75) is 90.6 Å². The topological polar surface area (TPSA) is 66.8 Å². The summed E-state index contributed by atoms with van der Waals surface area (Å²) in [5, 5.41) is 17.6. The molecule has 0 fully saturated rings. The fourth-order valence-electron chi connectivity index (χ4n) is 2.37. The van der Waals surface area contributed by atoms with Crippen molar-refractivity contribution < 1.29 is 19.7 Å². The second kappa shape index (κ2) is 15.3. The number of aliphatic hydroxyl groups excluding tert-OH is 2. The maximum atomic E-state index is 11.3. The first kappa shape index (κ1) is 21.4. The SMILES string of the molecule is CC(C)CCCCCCCCCCCC(=O)OC[C@@H](O)CO. The van der Waals surface area contributed by atoms with E-state index in [2.05, 4.69) is 13.8 Å². The summed E-state index contributed by atoms with van der Waals surface area (Å²) in [5.41, 5.74) is 0. The Hall–Kier alpha value is -0.610. The fourth-order valence-corrected chi connectivity index (χ4v) is 2.37. The number of carbonyl (C=O) groups is 1. The van der Waals surface area contributed by atoms with Gasteiger partial charge in [-0.3, -0.25) is 4.79 Å². The van der Waals surface area contributed by atoms with Crippen LogP contribution in [0.4, 0.5) is 0 Å². The summed E-state index contributed by atoms with van der Waals surface area (Å²) in [6.07, 6.45) is 11.9. The molecule has 0 aromatic rings. The van der Waals surface area contributed by atoms with Crippen LogP contribution in [-0.4, -0.2) is 35.5 Å². The number of ether oxygens (including phenoxy) is 1. The minimum atomic E-state index is -0.954. The van der Waals surface area contributed by atoms with Gasteiger partial charge in [-0.25, -0.2) is 0 Å². The molecule has 4 nitrogen and oxygen atoms in total. The molecular weight excluding hydrogens is 280 g/mol. The number of aliphatic hydroxyl groups is 2. The van der Waals surface area contributed by atoms with E-state index in [9.17, 15) is 4.79 Å². The fraction of sp³-hybridized carbons (Fsp3) is 0.944. The van der Waals surface area contributed by atoms with Crippen molar-refractivity contribution >= 4 is 5.97 Å². The summed E-state index contributed by atoms with van der Waals surface area (Å²) in [6.45, 7) is 4.09. The summed E-state index contributed by atoms with van der Waals surface area (Å²) >= 11 is 0. The maximum absolute atomic E-state index is 11.3. The van der Waals surface area contributed by atoms with E-state index in [-0.39, 0.29) is 19.2 Å². The molecule has 0 saturated carbocycles. The molecule has 0 aliphatic heterocycles. The van der Waals surface area contributed by atoms with Crippen LogP contribution >= 0.6 is 0 Å². The van der Waals surface area contributed by atoms with Crippen molar-refractivity contribution in [1.82, 2.24) is 0 Å². The zero-order valence-electron chi connectivity index (χ0n) is 14.6. The Kier molecular flexibility index (Phi) is 14.9. The van der Waals surface area contributed by atoms with Gasteiger partial charge in [0.05, 0.1) is 6.61 Å².